The highest BCUT2D eigenvalue weighted by Gasteiger charge is 2.18. The minimum atomic E-state index is -0.577. The number of hydrogen-bond donors (Lipinski definition) is 1. The number of methoxy groups -OCH3 is 1. The van der Waals surface area contributed by atoms with Gasteiger partial charge in [0, 0.05) is 79.9 Å². The second-order valence-electron chi connectivity index (χ2n) is 13.4. The van der Waals surface area contributed by atoms with Gasteiger partial charge < -0.3 is 19.1 Å². The minimum absolute atomic E-state index is 0.151. The molecule has 0 aliphatic carbocycles. The van der Waals surface area contributed by atoms with E-state index in [1.807, 2.05) is 76.2 Å². The third kappa shape index (κ3) is 7.94. The molecule has 0 saturated heterocycles. The smallest absolute Gasteiger partial charge is 0.384 e. The Morgan fingerprint density at radius 3 is 1.68 bits per heavy atom. The Hall–Kier alpha value is -7.34. The quantitative estimate of drug-likeness (QED) is 0.188. The van der Waals surface area contributed by atoms with Crippen LogP contribution in [0, 0.1) is 39.5 Å². The largest absolute Gasteiger partial charge is 0.459 e. The molecule has 1 N–H and O–H groups in total. The molecule has 0 unspecified atom stereocenters. The lowest BCUT2D eigenvalue weighted by Gasteiger charge is -2.10. The Kier molecular flexibility index (Phi) is 10.7. The van der Waals surface area contributed by atoms with Crippen molar-refractivity contribution in [2.75, 3.05) is 35.3 Å². The molecule has 5 aromatic heterocycles. The van der Waals surface area contributed by atoms with Crippen LogP contribution in [0.2, 0.25) is 0 Å². The van der Waals surface area contributed by atoms with Crippen LogP contribution in [0.1, 0.15) is 49.1 Å². The van der Waals surface area contributed by atoms with Crippen LogP contribution in [0.15, 0.2) is 76.0 Å². The molecule has 284 valence electrons. The monoisotopic (exact) mass is 753 g/mol. The van der Waals surface area contributed by atoms with Crippen molar-refractivity contribution in [2.24, 2.45) is 0 Å². The molecule has 7 rings (SSSR count). The van der Waals surface area contributed by atoms with E-state index in [-0.39, 0.29) is 17.4 Å². The second-order valence-corrected chi connectivity index (χ2v) is 13.4. The molecule has 2 aromatic carbocycles. The molecule has 0 radical (unpaired) electrons. The lowest BCUT2D eigenvalue weighted by molar-refractivity contribution is -0.133. The molecule has 0 atom stereocenters. The van der Waals surface area contributed by atoms with Gasteiger partial charge in [0.2, 0.25) is 0 Å². The number of hydrogen-bond acceptors (Lipinski definition) is 10. The van der Waals surface area contributed by atoms with E-state index in [0.29, 0.717) is 34.0 Å². The number of benzene rings is 2. The molecule has 0 bridgehead atoms. The molecule has 5 heterocycles. The summed E-state index contributed by atoms with van der Waals surface area (Å²) in [6.45, 7) is 7.69. The number of esters is 1. The molecule has 0 fully saturated rings. The van der Waals surface area contributed by atoms with Crippen LogP contribution >= 0.6 is 0 Å². The number of aromatic amines is 1. The standard InChI is InChI=1S/C21H20N4O3.C20H19N5O3/c1-13-10-15(7-9-20(26)28-5)6-8-16(13)17-12-19-22-18(21(27)24(3)4)11-14(2)25(19)23-17;1-11-7-13(17-10-19(26)23-28-17)5-6-14(11)15-9-18-21-16(20(27)24(3)4)8-12(2)25(18)22-15/h6,8,10-12H,1-5H3;5-10H,1-4H3,(H,23,26). The summed E-state index contributed by atoms with van der Waals surface area (Å²) >= 11 is 0. The van der Waals surface area contributed by atoms with Gasteiger partial charge in [0.15, 0.2) is 17.1 Å². The Morgan fingerprint density at radius 2 is 1.23 bits per heavy atom. The number of aryl methyl sites for hydroxylation is 4. The number of rotatable bonds is 5. The van der Waals surface area contributed by atoms with Crippen molar-refractivity contribution in [3.8, 4) is 45.7 Å². The molecule has 15 heteroatoms. The van der Waals surface area contributed by atoms with Gasteiger partial charge in [-0.15, -0.1) is 0 Å². The van der Waals surface area contributed by atoms with E-state index in [1.54, 1.807) is 49.4 Å². The maximum absolute atomic E-state index is 12.2. The Bertz CT molecular complexity index is 2790. The average molecular weight is 754 g/mol. The van der Waals surface area contributed by atoms with Crippen molar-refractivity contribution in [3.63, 3.8) is 0 Å². The third-order valence-electron chi connectivity index (χ3n) is 8.77. The van der Waals surface area contributed by atoms with Crippen LogP contribution in [-0.4, -0.2) is 97.2 Å². The molecule has 56 heavy (non-hydrogen) atoms. The highest BCUT2D eigenvalue weighted by atomic mass is 16.5. The van der Waals surface area contributed by atoms with Gasteiger partial charge >= 0.3 is 5.97 Å². The summed E-state index contributed by atoms with van der Waals surface area (Å²) in [4.78, 5) is 58.8. The predicted molar refractivity (Wildman–Crippen MR) is 209 cm³/mol. The van der Waals surface area contributed by atoms with E-state index in [1.165, 1.54) is 23.0 Å². The van der Waals surface area contributed by atoms with Gasteiger partial charge in [-0.1, -0.05) is 24.1 Å². The molecular weight excluding hydrogens is 715 g/mol. The van der Waals surface area contributed by atoms with Crippen LogP contribution < -0.4 is 5.56 Å². The van der Waals surface area contributed by atoms with Gasteiger partial charge in [-0.25, -0.2) is 23.8 Å². The van der Waals surface area contributed by atoms with E-state index in [0.717, 1.165) is 50.6 Å². The van der Waals surface area contributed by atoms with Gasteiger partial charge in [0.25, 0.3) is 17.4 Å². The van der Waals surface area contributed by atoms with Gasteiger partial charge in [0.1, 0.15) is 11.4 Å². The average Bonchev–Trinajstić information content (AvgIpc) is 3.92. The summed E-state index contributed by atoms with van der Waals surface area (Å²) in [7, 11) is 8.08. The lowest BCUT2D eigenvalue weighted by atomic mass is 10.0. The molecule has 15 nitrogen and oxygen atoms in total. The summed E-state index contributed by atoms with van der Waals surface area (Å²) in [6, 6.07) is 19.9. The van der Waals surface area contributed by atoms with E-state index in [2.05, 4.69) is 41.9 Å². The first-order valence-electron chi connectivity index (χ1n) is 17.3. The number of carbonyl (C=O) groups is 3. The number of nitrogens with zero attached hydrogens (tertiary/aromatic N) is 8. The molecule has 7 aromatic rings. The first-order chi connectivity index (χ1) is 26.6. The number of ether oxygens (including phenoxy) is 1. The molecule has 0 aliphatic rings. The number of nitrogens with one attached hydrogen (secondary N) is 1. The van der Waals surface area contributed by atoms with Crippen molar-refractivity contribution >= 4 is 29.1 Å². The van der Waals surface area contributed by atoms with Crippen molar-refractivity contribution in [2.45, 2.75) is 27.7 Å². The zero-order valence-corrected chi connectivity index (χ0v) is 32.4. The number of carbonyl (C=O) groups excluding carboxylic acids is 3. The fourth-order valence-electron chi connectivity index (χ4n) is 5.92. The number of H-pyrrole nitrogens is 1. The van der Waals surface area contributed by atoms with E-state index in [9.17, 15) is 19.2 Å². The zero-order valence-electron chi connectivity index (χ0n) is 32.4. The fraction of sp³-hybridized carbons (Fsp3) is 0.220. The van der Waals surface area contributed by atoms with Crippen LogP contribution in [0.3, 0.4) is 0 Å². The predicted octanol–water partition coefficient (Wildman–Crippen LogP) is 4.90. The van der Waals surface area contributed by atoms with E-state index >= 15 is 0 Å². The van der Waals surface area contributed by atoms with Gasteiger partial charge in [-0.2, -0.15) is 15.4 Å². The van der Waals surface area contributed by atoms with Crippen LogP contribution in [0.4, 0.5) is 0 Å². The zero-order chi connectivity index (χ0) is 40.4. The molecule has 0 aliphatic heterocycles. The lowest BCUT2D eigenvalue weighted by Crippen LogP contribution is -2.23. The third-order valence-corrected chi connectivity index (χ3v) is 8.77. The highest BCUT2D eigenvalue weighted by molar-refractivity contribution is 5.93. The maximum atomic E-state index is 12.2. The minimum Gasteiger partial charge on any atom is -0.459 e. The van der Waals surface area contributed by atoms with E-state index in [4.69, 9.17) is 4.52 Å². The summed E-state index contributed by atoms with van der Waals surface area (Å²) in [5, 5.41) is 11.6. The summed E-state index contributed by atoms with van der Waals surface area (Å²) in [5.74, 6) is 4.79. The van der Waals surface area contributed by atoms with Crippen LogP contribution in [0.5, 0.6) is 0 Å². The Morgan fingerprint density at radius 1 is 0.714 bits per heavy atom. The van der Waals surface area contributed by atoms with E-state index < -0.39 is 5.97 Å². The van der Waals surface area contributed by atoms with Gasteiger partial charge in [0.05, 0.1) is 24.6 Å². The van der Waals surface area contributed by atoms with Gasteiger partial charge in [-0.05, 0) is 69.2 Å². The van der Waals surface area contributed by atoms with Gasteiger partial charge in [-0.3, -0.25) is 14.4 Å². The Labute approximate surface area is 321 Å². The summed E-state index contributed by atoms with van der Waals surface area (Å²) in [5.41, 5.74) is 10.2. The molecule has 2 amide bonds. The van der Waals surface area contributed by atoms with Crippen LogP contribution in [0.25, 0.3) is 45.1 Å². The Balaban J connectivity index is 0.000000190. The summed E-state index contributed by atoms with van der Waals surface area (Å²) < 4.78 is 13.1. The van der Waals surface area contributed by atoms with Crippen molar-refractivity contribution in [1.29, 1.82) is 0 Å². The van der Waals surface area contributed by atoms with Crippen molar-refractivity contribution in [1.82, 2.24) is 44.2 Å². The fourth-order valence-corrected chi connectivity index (χ4v) is 5.92. The number of fused-ring (bicyclic) bond motifs is 2. The van der Waals surface area contributed by atoms with Crippen molar-refractivity contribution in [3.05, 3.63) is 117 Å². The highest BCUT2D eigenvalue weighted by Crippen LogP contribution is 2.29. The van der Waals surface area contributed by atoms with Crippen LogP contribution in [-0.2, 0) is 9.53 Å². The SMILES string of the molecule is COC(=O)C#Cc1ccc(-c2cc3nc(C(=O)N(C)C)cc(C)n3n2)c(C)c1.Cc1cc(-c2cc(=O)[nH]o2)ccc1-c1cc2nc(C(=O)N(C)C)cc(C)n2n1. The first-order valence-corrected chi connectivity index (χ1v) is 17.3. The molecular formula is C41H39N9O6. The topological polar surface area (TPSA) is 173 Å². The molecule has 0 saturated carbocycles. The normalized spacial score (nSPS) is 10.7. The summed E-state index contributed by atoms with van der Waals surface area (Å²) in [6.07, 6.45) is 0. The second kappa shape index (κ2) is 15.6. The number of amides is 2. The first kappa shape index (κ1) is 38.4. The van der Waals surface area contributed by atoms with Crippen molar-refractivity contribution < 1.29 is 23.6 Å². The molecule has 0 spiro atoms. The maximum Gasteiger partial charge on any atom is 0.384 e. The number of aromatic nitrogens is 7.